The molecule has 0 unspecified atom stereocenters. The monoisotopic (exact) mass is 488 g/mol. The van der Waals surface area contributed by atoms with Crippen molar-refractivity contribution in [2.24, 2.45) is 4.99 Å². The van der Waals surface area contributed by atoms with E-state index in [2.05, 4.69) is 4.99 Å². The van der Waals surface area contributed by atoms with Crippen LogP contribution in [0.2, 0.25) is 10.0 Å². The predicted octanol–water partition coefficient (Wildman–Crippen LogP) is 3.81. The predicted molar refractivity (Wildman–Crippen MR) is 117 cm³/mol. The summed E-state index contributed by atoms with van der Waals surface area (Å²) < 4.78 is 43.2. The summed E-state index contributed by atoms with van der Waals surface area (Å²) in [6.45, 7) is -0.294. The molecule has 2 aliphatic rings. The lowest BCUT2D eigenvalue weighted by atomic mass is 10.2. The van der Waals surface area contributed by atoms with Gasteiger partial charge in [-0.3, -0.25) is 4.79 Å². The van der Waals surface area contributed by atoms with Gasteiger partial charge in [-0.05, 0) is 42.5 Å². The molecule has 2 saturated heterocycles. The van der Waals surface area contributed by atoms with Crippen LogP contribution in [0.5, 0.6) is 5.75 Å². The lowest BCUT2D eigenvalue weighted by Crippen LogP contribution is -2.37. The van der Waals surface area contributed by atoms with Crippen LogP contribution < -0.4 is 9.64 Å². The fourth-order valence-electron chi connectivity index (χ4n) is 3.32. The molecule has 6 nitrogen and oxygen atoms in total. The molecule has 2 heterocycles. The zero-order valence-corrected chi connectivity index (χ0v) is 18.4. The van der Waals surface area contributed by atoms with Gasteiger partial charge in [-0.25, -0.2) is 12.8 Å². The standard InChI is InChI=1S/C19H15Cl2FN2O4S2/c20-11-1-4-13(5-2-11)28-8-18(25)23-19-24(12-3-6-15(22)14(21)7-12)16-9-30(26,27)10-17(16)29-19/h1-7,16-17H,8-10H2/t16-,17-/m1/s1. The number of carbonyl (C=O) groups excluding carboxylic acids is 1. The zero-order chi connectivity index (χ0) is 21.5. The van der Waals surface area contributed by atoms with Gasteiger partial charge < -0.3 is 9.64 Å². The van der Waals surface area contributed by atoms with Crippen LogP contribution in [0.3, 0.4) is 0 Å². The molecule has 11 heteroatoms. The van der Waals surface area contributed by atoms with Gasteiger partial charge in [0, 0.05) is 16.0 Å². The number of thioether (sulfide) groups is 1. The highest BCUT2D eigenvalue weighted by Crippen LogP contribution is 2.41. The van der Waals surface area contributed by atoms with E-state index in [1.165, 1.54) is 30.0 Å². The molecule has 2 fully saturated rings. The third kappa shape index (κ3) is 4.59. The molecule has 2 aliphatic heterocycles. The third-order valence-corrected chi connectivity index (χ3v) is 8.40. The lowest BCUT2D eigenvalue weighted by molar-refractivity contribution is -0.119. The van der Waals surface area contributed by atoms with Crippen LogP contribution in [0.1, 0.15) is 0 Å². The van der Waals surface area contributed by atoms with E-state index >= 15 is 0 Å². The summed E-state index contributed by atoms with van der Waals surface area (Å²) in [5, 5.41) is 0.514. The average Bonchev–Trinajstić information content (AvgIpc) is 3.14. The largest absolute Gasteiger partial charge is 0.484 e. The molecule has 0 radical (unpaired) electrons. The van der Waals surface area contributed by atoms with Crippen LogP contribution >= 0.6 is 35.0 Å². The molecule has 0 aromatic heterocycles. The number of hydrogen-bond donors (Lipinski definition) is 0. The number of fused-ring (bicyclic) bond motifs is 1. The van der Waals surface area contributed by atoms with Gasteiger partial charge in [0.05, 0.1) is 22.6 Å². The van der Waals surface area contributed by atoms with Crippen LogP contribution in [0.25, 0.3) is 0 Å². The number of amidine groups is 1. The van der Waals surface area contributed by atoms with Crippen LogP contribution in [0.15, 0.2) is 47.5 Å². The van der Waals surface area contributed by atoms with Gasteiger partial charge in [0.15, 0.2) is 21.6 Å². The number of amides is 1. The van der Waals surface area contributed by atoms with E-state index in [0.29, 0.717) is 21.6 Å². The summed E-state index contributed by atoms with van der Waals surface area (Å²) in [5.41, 5.74) is 0.476. The number of halogens is 3. The number of ether oxygens (including phenoxy) is 1. The molecule has 1 amide bonds. The summed E-state index contributed by atoms with van der Waals surface area (Å²) in [5.74, 6) is -0.740. The van der Waals surface area contributed by atoms with Gasteiger partial charge in [-0.1, -0.05) is 35.0 Å². The number of hydrogen-bond acceptors (Lipinski definition) is 5. The number of rotatable bonds is 4. The second-order valence-electron chi connectivity index (χ2n) is 6.80. The third-order valence-electron chi connectivity index (χ3n) is 4.64. The molecule has 2 aromatic carbocycles. The molecule has 2 aromatic rings. The van der Waals surface area contributed by atoms with Crippen molar-refractivity contribution >= 4 is 61.6 Å². The first-order valence-electron chi connectivity index (χ1n) is 8.83. The molecular formula is C19H15Cl2FN2O4S2. The Hall–Kier alpha value is -1.81. The average molecular weight is 489 g/mol. The van der Waals surface area contributed by atoms with E-state index in [0.717, 1.165) is 0 Å². The van der Waals surface area contributed by atoms with E-state index in [1.54, 1.807) is 29.2 Å². The lowest BCUT2D eigenvalue weighted by Gasteiger charge is -2.24. The van der Waals surface area contributed by atoms with Gasteiger partial charge in [0.2, 0.25) is 0 Å². The van der Waals surface area contributed by atoms with E-state index < -0.39 is 27.6 Å². The fraction of sp³-hybridized carbons (Fsp3) is 0.263. The molecule has 30 heavy (non-hydrogen) atoms. The Morgan fingerprint density at radius 1 is 1.20 bits per heavy atom. The quantitative estimate of drug-likeness (QED) is 0.650. The first-order valence-corrected chi connectivity index (χ1v) is 12.3. The molecule has 158 valence electrons. The van der Waals surface area contributed by atoms with E-state index in [9.17, 15) is 17.6 Å². The van der Waals surface area contributed by atoms with Crippen LogP contribution in [0, 0.1) is 5.82 Å². The first kappa shape index (κ1) is 21.4. The van der Waals surface area contributed by atoms with Gasteiger partial charge in [-0.2, -0.15) is 4.99 Å². The number of sulfone groups is 1. The maximum atomic E-state index is 13.6. The van der Waals surface area contributed by atoms with E-state index in [1.807, 2.05) is 0 Å². The maximum Gasteiger partial charge on any atom is 0.285 e. The Morgan fingerprint density at radius 2 is 1.93 bits per heavy atom. The minimum absolute atomic E-state index is 0.0117. The van der Waals surface area contributed by atoms with Crippen molar-refractivity contribution in [1.29, 1.82) is 0 Å². The van der Waals surface area contributed by atoms with E-state index in [4.69, 9.17) is 27.9 Å². The number of nitrogens with zero attached hydrogens (tertiary/aromatic N) is 2. The zero-order valence-electron chi connectivity index (χ0n) is 15.3. The van der Waals surface area contributed by atoms with Crippen molar-refractivity contribution in [3.05, 3.63) is 58.3 Å². The Kier molecular flexibility index (Phi) is 5.98. The number of benzene rings is 2. The van der Waals surface area contributed by atoms with Crippen LogP contribution in [-0.4, -0.2) is 48.9 Å². The van der Waals surface area contributed by atoms with Crippen LogP contribution in [0.4, 0.5) is 10.1 Å². The maximum absolute atomic E-state index is 13.6. The Balaban J connectivity index is 1.57. The summed E-state index contributed by atoms with van der Waals surface area (Å²) >= 11 is 12.9. The summed E-state index contributed by atoms with van der Waals surface area (Å²) in [6.07, 6.45) is 0. The van der Waals surface area contributed by atoms with Crippen molar-refractivity contribution in [3.8, 4) is 5.75 Å². The summed E-state index contributed by atoms with van der Waals surface area (Å²) in [7, 11) is -3.21. The first-order chi connectivity index (χ1) is 14.2. The number of carbonyl (C=O) groups is 1. The Bertz CT molecular complexity index is 1130. The molecule has 2 atom stereocenters. The molecule has 0 saturated carbocycles. The second-order valence-corrected chi connectivity index (χ2v) is 11.0. The topological polar surface area (TPSA) is 76.0 Å². The van der Waals surface area contributed by atoms with Crippen molar-refractivity contribution in [2.45, 2.75) is 11.3 Å². The molecular weight excluding hydrogens is 474 g/mol. The van der Waals surface area contributed by atoms with Gasteiger partial charge >= 0.3 is 0 Å². The van der Waals surface area contributed by atoms with Crippen molar-refractivity contribution < 1.29 is 22.3 Å². The normalized spacial score (nSPS) is 23.6. The number of aliphatic imine (C=N–C) groups is 1. The Labute approximate surface area is 186 Å². The SMILES string of the molecule is O=C(COc1ccc(Cl)cc1)N=C1S[C@@H]2CS(=O)(=O)C[C@H]2N1c1ccc(F)c(Cl)c1. The smallest absolute Gasteiger partial charge is 0.285 e. The highest BCUT2D eigenvalue weighted by atomic mass is 35.5. The second kappa shape index (κ2) is 8.37. The highest BCUT2D eigenvalue weighted by molar-refractivity contribution is 8.16. The molecule has 0 spiro atoms. The summed E-state index contributed by atoms with van der Waals surface area (Å²) in [4.78, 5) is 18.2. The molecule has 0 N–H and O–H groups in total. The highest BCUT2D eigenvalue weighted by Gasteiger charge is 2.49. The van der Waals surface area contributed by atoms with Crippen molar-refractivity contribution in [2.75, 3.05) is 23.0 Å². The fourth-order valence-corrected chi connectivity index (χ4v) is 7.55. The molecule has 4 rings (SSSR count). The Morgan fingerprint density at radius 3 is 2.63 bits per heavy atom. The molecule has 0 aliphatic carbocycles. The van der Waals surface area contributed by atoms with Gasteiger partial charge in [-0.15, -0.1) is 0 Å². The minimum atomic E-state index is -3.21. The van der Waals surface area contributed by atoms with Crippen molar-refractivity contribution in [3.63, 3.8) is 0 Å². The van der Waals surface area contributed by atoms with Crippen molar-refractivity contribution in [1.82, 2.24) is 0 Å². The molecule has 0 bridgehead atoms. The summed E-state index contributed by atoms with van der Waals surface area (Å²) in [6, 6.07) is 10.2. The van der Waals surface area contributed by atoms with Crippen LogP contribution in [-0.2, 0) is 14.6 Å². The number of anilines is 1. The minimum Gasteiger partial charge on any atom is -0.484 e. The van der Waals surface area contributed by atoms with Gasteiger partial charge in [0.25, 0.3) is 5.91 Å². The van der Waals surface area contributed by atoms with Gasteiger partial charge in [0.1, 0.15) is 11.6 Å². The van der Waals surface area contributed by atoms with E-state index in [-0.39, 0.29) is 28.4 Å².